The van der Waals surface area contributed by atoms with Crippen LogP contribution >= 0.6 is 12.2 Å². The molecule has 1 N–H and O–H groups in total. The summed E-state index contributed by atoms with van der Waals surface area (Å²) in [5, 5.41) is 0. The molecule has 4 heteroatoms. The normalized spacial score (nSPS) is 10.3. The van der Waals surface area contributed by atoms with Gasteiger partial charge in [-0.05, 0) is 25.5 Å². The first kappa shape index (κ1) is 12.8. The summed E-state index contributed by atoms with van der Waals surface area (Å²) in [5.74, 6) is 0.869. The Morgan fingerprint density at radius 3 is 2.89 bits per heavy atom. The number of nitrogens with zero attached hydrogens (tertiary/aromatic N) is 1. The minimum atomic E-state index is 0.660. The van der Waals surface area contributed by atoms with Crippen molar-refractivity contribution in [3.05, 3.63) is 40.8 Å². The van der Waals surface area contributed by atoms with Crippen molar-refractivity contribution >= 4 is 12.2 Å². The second kappa shape index (κ2) is 5.78. The monoisotopic (exact) mass is 260 g/mol. The third kappa shape index (κ3) is 2.59. The summed E-state index contributed by atoms with van der Waals surface area (Å²) < 4.78 is 6.18. The number of ether oxygens (including phenoxy) is 1. The quantitative estimate of drug-likeness (QED) is 0.850. The van der Waals surface area contributed by atoms with Crippen LogP contribution in [0.3, 0.4) is 0 Å². The van der Waals surface area contributed by atoms with Crippen LogP contribution in [0.25, 0.3) is 11.3 Å². The van der Waals surface area contributed by atoms with Gasteiger partial charge in [0.2, 0.25) is 0 Å². The minimum Gasteiger partial charge on any atom is -0.494 e. The molecule has 0 aliphatic carbocycles. The van der Waals surface area contributed by atoms with E-state index in [9.17, 15) is 0 Å². The summed E-state index contributed by atoms with van der Waals surface area (Å²) in [6.45, 7) is 4.72. The van der Waals surface area contributed by atoms with E-state index in [0.29, 0.717) is 11.2 Å². The average Bonchev–Trinajstić information content (AvgIpc) is 2.39. The summed E-state index contributed by atoms with van der Waals surface area (Å²) in [5.41, 5.74) is 3.17. The molecule has 1 aromatic carbocycles. The highest BCUT2D eigenvalue weighted by Gasteiger charge is 2.07. The van der Waals surface area contributed by atoms with E-state index in [4.69, 9.17) is 17.0 Å². The van der Waals surface area contributed by atoms with Gasteiger partial charge in [-0.3, -0.25) is 0 Å². The van der Waals surface area contributed by atoms with E-state index in [1.165, 1.54) is 0 Å². The number of aromatic amines is 1. The molecule has 0 bridgehead atoms. The molecule has 1 aromatic heterocycles. The second-order valence-electron chi connectivity index (χ2n) is 3.88. The predicted octanol–water partition coefficient (Wildman–Crippen LogP) is 3.77. The van der Waals surface area contributed by atoms with Crippen molar-refractivity contribution in [1.82, 2.24) is 9.97 Å². The first-order chi connectivity index (χ1) is 8.76. The van der Waals surface area contributed by atoms with Crippen molar-refractivity contribution in [3.8, 4) is 17.0 Å². The van der Waals surface area contributed by atoms with Crippen molar-refractivity contribution in [1.29, 1.82) is 0 Å². The van der Waals surface area contributed by atoms with Crippen LogP contribution in [0.4, 0.5) is 0 Å². The fraction of sp³-hybridized carbons (Fsp3) is 0.286. The van der Waals surface area contributed by atoms with Crippen LogP contribution < -0.4 is 4.74 Å². The lowest BCUT2D eigenvalue weighted by Crippen LogP contribution is -1.96. The van der Waals surface area contributed by atoms with Gasteiger partial charge in [-0.1, -0.05) is 31.3 Å². The molecule has 0 radical (unpaired) electrons. The average molecular weight is 260 g/mol. The molecule has 0 saturated carbocycles. The molecular formula is C14H16N2OS. The zero-order valence-electron chi connectivity index (χ0n) is 10.6. The van der Waals surface area contributed by atoms with Crippen LogP contribution in [-0.2, 0) is 6.42 Å². The summed E-state index contributed by atoms with van der Waals surface area (Å²) >= 11 is 5.26. The van der Waals surface area contributed by atoms with E-state index in [2.05, 4.69) is 16.9 Å². The molecule has 94 valence electrons. The largest absolute Gasteiger partial charge is 0.494 e. The maximum absolute atomic E-state index is 5.52. The molecule has 0 spiro atoms. The molecule has 2 rings (SSSR count). The SMILES string of the molecule is CCOc1cccc(-c2[nH]cnc(=S)c2CC)c1. The Hall–Kier alpha value is -1.68. The lowest BCUT2D eigenvalue weighted by atomic mass is 10.1. The third-order valence-electron chi connectivity index (χ3n) is 2.74. The van der Waals surface area contributed by atoms with Crippen LogP contribution in [0, 0.1) is 4.64 Å². The number of nitrogens with one attached hydrogen (secondary N) is 1. The van der Waals surface area contributed by atoms with Gasteiger partial charge in [-0.2, -0.15) is 0 Å². The molecule has 0 aliphatic rings. The van der Waals surface area contributed by atoms with Crippen LogP contribution in [0.1, 0.15) is 19.4 Å². The van der Waals surface area contributed by atoms with E-state index in [0.717, 1.165) is 29.0 Å². The Labute approximate surface area is 112 Å². The molecule has 0 fully saturated rings. The Balaban J connectivity index is 2.51. The molecule has 1 heterocycles. The zero-order chi connectivity index (χ0) is 13.0. The molecule has 0 aliphatic heterocycles. The van der Waals surface area contributed by atoms with Gasteiger partial charge in [-0.25, -0.2) is 4.98 Å². The Bertz CT molecular complexity index is 592. The topological polar surface area (TPSA) is 37.9 Å². The fourth-order valence-electron chi connectivity index (χ4n) is 1.92. The first-order valence-corrected chi connectivity index (χ1v) is 6.46. The van der Waals surface area contributed by atoms with E-state index in [1.54, 1.807) is 6.33 Å². The fourth-order valence-corrected chi connectivity index (χ4v) is 2.22. The summed E-state index contributed by atoms with van der Waals surface area (Å²) in [6.07, 6.45) is 2.50. The molecule has 3 nitrogen and oxygen atoms in total. The first-order valence-electron chi connectivity index (χ1n) is 6.06. The number of hydrogen-bond acceptors (Lipinski definition) is 3. The van der Waals surface area contributed by atoms with Crippen molar-refractivity contribution < 1.29 is 4.74 Å². The molecule has 0 unspecified atom stereocenters. The number of hydrogen-bond donors (Lipinski definition) is 1. The van der Waals surface area contributed by atoms with E-state index >= 15 is 0 Å². The highest BCUT2D eigenvalue weighted by Crippen LogP contribution is 2.25. The van der Waals surface area contributed by atoms with Gasteiger partial charge in [0, 0.05) is 11.1 Å². The Morgan fingerprint density at radius 1 is 1.33 bits per heavy atom. The van der Waals surface area contributed by atoms with Gasteiger partial charge >= 0.3 is 0 Å². The van der Waals surface area contributed by atoms with Gasteiger partial charge in [0.25, 0.3) is 0 Å². The van der Waals surface area contributed by atoms with Crippen LogP contribution in [0.2, 0.25) is 0 Å². The van der Waals surface area contributed by atoms with E-state index < -0.39 is 0 Å². The van der Waals surface area contributed by atoms with Crippen LogP contribution in [0.5, 0.6) is 5.75 Å². The number of benzene rings is 1. The van der Waals surface area contributed by atoms with Gasteiger partial charge in [0.05, 0.1) is 18.6 Å². The summed E-state index contributed by atoms with van der Waals surface area (Å²) in [6, 6.07) is 8.00. The number of H-pyrrole nitrogens is 1. The summed E-state index contributed by atoms with van der Waals surface area (Å²) in [4.78, 5) is 7.30. The molecule has 0 atom stereocenters. The standard InChI is InChI=1S/C14H16N2OS/c1-3-12-13(15-9-16-14(12)18)10-6-5-7-11(8-10)17-4-2/h5-9H,3-4H2,1-2H3,(H,15,16,18). The Morgan fingerprint density at radius 2 is 2.17 bits per heavy atom. The van der Waals surface area contributed by atoms with E-state index in [-0.39, 0.29) is 0 Å². The van der Waals surface area contributed by atoms with Crippen LogP contribution in [0.15, 0.2) is 30.6 Å². The van der Waals surface area contributed by atoms with Gasteiger partial charge < -0.3 is 9.72 Å². The van der Waals surface area contributed by atoms with Crippen molar-refractivity contribution in [3.63, 3.8) is 0 Å². The maximum Gasteiger partial charge on any atom is 0.133 e. The van der Waals surface area contributed by atoms with Gasteiger partial charge in [-0.15, -0.1) is 0 Å². The van der Waals surface area contributed by atoms with Gasteiger partial charge in [0.15, 0.2) is 0 Å². The molecule has 0 saturated heterocycles. The predicted molar refractivity (Wildman–Crippen MR) is 75.4 cm³/mol. The van der Waals surface area contributed by atoms with Crippen molar-refractivity contribution in [2.45, 2.75) is 20.3 Å². The lowest BCUT2D eigenvalue weighted by Gasteiger charge is -2.09. The zero-order valence-corrected chi connectivity index (χ0v) is 11.4. The highest BCUT2D eigenvalue weighted by molar-refractivity contribution is 7.71. The second-order valence-corrected chi connectivity index (χ2v) is 4.26. The molecular weight excluding hydrogens is 244 g/mol. The lowest BCUT2D eigenvalue weighted by molar-refractivity contribution is 0.340. The minimum absolute atomic E-state index is 0.660. The molecule has 18 heavy (non-hydrogen) atoms. The van der Waals surface area contributed by atoms with E-state index in [1.807, 2.05) is 31.2 Å². The number of rotatable bonds is 4. The third-order valence-corrected chi connectivity index (χ3v) is 3.09. The maximum atomic E-state index is 5.52. The molecule has 2 aromatic rings. The summed E-state index contributed by atoms with van der Waals surface area (Å²) in [7, 11) is 0. The van der Waals surface area contributed by atoms with Crippen LogP contribution in [-0.4, -0.2) is 16.6 Å². The number of aromatic nitrogens is 2. The highest BCUT2D eigenvalue weighted by atomic mass is 32.1. The molecule has 0 amide bonds. The van der Waals surface area contributed by atoms with Gasteiger partial charge in [0.1, 0.15) is 10.4 Å². The Kier molecular flexibility index (Phi) is 4.10. The smallest absolute Gasteiger partial charge is 0.133 e. The van der Waals surface area contributed by atoms with Crippen molar-refractivity contribution in [2.24, 2.45) is 0 Å². The van der Waals surface area contributed by atoms with Crippen molar-refractivity contribution in [2.75, 3.05) is 6.61 Å².